The van der Waals surface area contributed by atoms with Crippen molar-refractivity contribution in [2.24, 2.45) is 0 Å². The van der Waals surface area contributed by atoms with Crippen molar-refractivity contribution in [3.8, 4) is 0 Å². The molecule has 0 heterocycles. The highest BCUT2D eigenvalue weighted by molar-refractivity contribution is 7.87. The first-order chi connectivity index (χ1) is 15.2. The highest BCUT2D eigenvalue weighted by Crippen LogP contribution is 2.54. The molecule has 0 aliphatic heterocycles. The summed E-state index contributed by atoms with van der Waals surface area (Å²) in [5.74, 6) is -14.7. The third kappa shape index (κ3) is 4.90. The van der Waals surface area contributed by atoms with E-state index in [-0.39, 0.29) is 7.14 Å². The van der Waals surface area contributed by atoms with Gasteiger partial charge in [0.1, 0.15) is 0 Å². The van der Waals surface area contributed by atoms with Crippen LogP contribution in [0.2, 0.25) is 0 Å². The topological polar surface area (TPSA) is 43.4 Å². The van der Waals surface area contributed by atoms with Crippen molar-refractivity contribution in [3.05, 3.63) is 65.8 Å². The van der Waals surface area contributed by atoms with Crippen LogP contribution in [0.4, 0.5) is 39.5 Å². The van der Waals surface area contributed by atoms with Crippen LogP contribution in [0.25, 0.3) is 0 Å². The van der Waals surface area contributed by atoms with Crippen LogP contribution >= 0.6 is 0 Å². The summed E-state index contributed by atoms with van der Waals surface area (Å²) in [5.41, 5.74) is 2.49. The van der Waals surface area contributed by atoms with Crippen molar-refractivity contribution < 1.29 is 70.7 Å². The van der Waals surface area contributed by atoms with Gasteiger partial charge in [-0.25, -0.2) is 0 Å². The summed E-state index contributed by atoms with van der Waals surface area (Å²) in [5, 5.41) is -6.91. The Labute approximate surface area is 197 Å². The molecule has 0 aromatic heterocycles. The van der Waals surface area contributed by atoms with Gasteiger partial charge in [0.15, 0.2) is 7.14 Å². The van der Waals surface area contributed by atoms with Gasteiger partial charge in [-0.3, -0.25) is 0 Å². The first-order valence-corrected chi connectivity index (χ1v) is 13.6. The van der Waals surface area contributed by atoms with Gasteiger partial charge in [-0.15, -0.1) is 0 Å². The predicted octanol–water partition coefficient (Wildman–Crippen LogP) is 3.27. The van der Waals surface area contributed by atoms with Crippen LogP contribution in [-0.4, -0.2) is 31.7 Å². The minimum Gasteiger partial charge on any atom is -0.191 e. The summed E-state index contributed by atoms with van der Waals surface area (Å²) in [7, 11) is -7.00. The van der Waals surface area contributed by atoms with Crippen LogP contribution in [0.1, 0.15) is 22.3 Å². The highest BCUT2D eigenvalue weighted by atomic mass is 127. The average Bonchev–Trinajstić information content (AvgIpc) is 2.69. The van der Waals surface area contributed by atoms with E-state index in [1.165, 1.54) is 36.4 Å². The molecule has 0 saturated heterocycles. The first kappa shape index (κ1) is 28.7. The molecule has 0 unspecified atom stereocenters. The Hall–Kier alpha value is -1.55. The Balaban J connectivity index is 2.67. The van der Waals surface area contributed by atoms with Crippen LogP contribution in [0, 0.1) is 34.8 Å². The Morgan fingerprint density at radius 3 is 1.35 bits per heavy atom. The molecule has 0 amide bonds. The fourth-order valence-electron chi connectivity index (χ4n) is 2.46. The number of alkyl halides is 9. The molecule has 14 heteroatoms. The summed E-state index contributed by atoms with van der Waals surface area (Å²) >= 11 is -4.10. The lowest BCUT2D eigenvalue weighted by Gasteiger charge is -2.32. The molecule has 0 spiro atoms. The van der Waals surface area contributed by atoms with Crippen LogP contribution in [-0.2, 0) is 12.6 Å². The van der Waals surface area contributed by atoms with Crippen molar-refractivity contribution in [1.29, 1.82) is 0 Å². The zero-order chi connectivity index (χ0) is 26.5. The third-order valence-electron chi connectivity index (χ3n) is 4.91. The number of hydrogen-bond donors (Lipinski definition) is 0. The van der Waals surface area contributed by atoms with E-state index >= 15 is 0 Å². The normalized spacial score (nSPS) is 14.1. The number of rotatable bonds is 7. The second kappa shape index (κ2) is 9.15. The zero-order valence-corrected chi connectivity index (χ0v) is 20.9. The molecule has 191 valence electrons. The molecule has 0 bridgehead atoms. The number of benzene rings is 2. The largest absolute Gasteiger partial charge is 0.460 e. The summed E-state index contributed by atoms with van der Waals surface area (Å²) in [6.07, 6.45) is -7.16. The van der Waals surface area contributed by atoms with Gasteiger partial charge < -0.3 is 0 Å². The van der Waals surface area contributed by atoms with E-state index in [0.29, 0.717) is 22.3 Å². The van der Waals surface area contributed by atoms with Crippen LogP contribution in [0.3, 0.4) is 0 Å². The smallest absolute Gasteiger partial charge is 0.191 e. The number of halogens is 10. The van der Waals surface area contributed by atoms with Gasteiger partial charge in [0, 0.05) is 0 Å². The molecular formula is C20H18F9IO3S+. The molecule has 0 aliphatic rings. The van der Waals surface area contributed by atoms with Gasteiger partial charge in [0.25, 0.3) is 0 Å². The van der Waals surface area contributed by atoms with E-state index in [2.05, 4.69) is 2.51 Å². The molecule has 0 saturated carbocycles. The monoisotopic (exact) mass is 636 g/mol. The fourth-order valence-corrected chi connectivity index (χ4v) is 9.87. The lowest BCUT2D eigenvalue weighted by molar-refractivity contribution is -1.03. The lowest BCUT2D eigenvalue weighted by Crippen LogP contribution is -3.85. The molecule has 2 aromatic carbocycles. The van der Waals surface area contributed by atoms with Gasteiger partial charge in [-0.2, -0.15) is 47.9 Å². The molecule has 0 N–H and O–H groups in total. The Morgan fingerprint density at radius 2 is 1.03 bits per heavy atom. The summed E-state index contributed by atoms with van der Waals surface area (Å²) < 4.78 is 149. The minimum atomic E-state index is -7.36. The maximum atomic E-state index is 14.3. The van der Waals surface area contributed by atoms with Crippen molar-refractivity contribution in [2.45, 2.75) is 51.0 Å². The van der Waals surface area contributed by atoms with Crippen molar-refractivity contribution in [2.75, 3.05) is 0 Å². The van der Waals surface area contributed by atoms with Gasteiger partial charge in [0.2, 0.25) is 0 Å². The Bertz CT molecular complexity index is 1130. The highest BCUT2D eigenvalue weighted by Gasteiger charge is 2.86. The van der Waals surface area contributed by atoms with E-state index in [9.17, 15) is 47.9 Å². The third-order valence-corrected chi connectivity index (χ3v) is 12.2. The molecule has 2 rings (SSSR count). The molecule has 0 fully saturated rings. The van der Waals surface area contributed by atoms with Crippen molar-refractivity contribution in [3.63, 3.8) is 0 Å². The minimum absolute atomic E-state index is 0.0147. The fraction of sp³-hybridized carbons (Fsp3) is 0.400. The molecule has 0 atom stereocenters. The molecular weight excluding hydrogens is 618 g/mol. The molecule has 34 heavy (non-hydrogen) atoms. The molecule has 0 aliphatic carbocycles. The summed E-state index contributed by atoms with van der Waals surface area (Å²) in [4.78, 5) is 0. The SMILES string of the molecule is Cc1ccc([I+](OS(=O)(=O)C(F)(F)C(F)(F)C(F)(F)C(F)(F)F)c2ccc(C)c(C)c2)cc1C. The molecule has 3 nitrogen and oxygen atoms in total. The lowest BCUT2D eigenvalue weighted by atomic mass is 10.1. The van der Waals surface area contributed by atoms with Gasteiger partial charge >= 0.3 is 53.6 Å². The second-order valence-corrected chi connectivity index (χ2v) is 13.9. The van der Waals surface area contributed by atoms with E-state index in [1.807, 2.05) is 0 Å². The standard InChI is InChI=1S/C20H18F9IO3S/c1-11-5-7-15(9-13(11)3)30(16-8-6-12(2)14(4)10-16)33-34(31,32)20(28,29)18(23,24)17(21,22)19(25,26)27/h5-10H,1-4H3/q+1. The summed E-state index contributed by atoms with van der Waals surface area (Å²) in [6.45, 7) is 6.49. The molecule has 2 aromatic rings. The summed E-state index contributed by atoms with van der Waals surface area (Å²) in [6, 6.07) is 8.22. The quantitative estimate of drug-likeness (QED) is 0.347. The van der Waals surface area contributed by atoms with Crippen molar-refractivity contribution >= 4 is 10.1 Å². The van der Waals surface area contributed by atoms with E-state index < -0.39 is 53.6 Å². The van der Waals surface area contributed by atoms with Crippen LogP contribution in [0.15, 0.2) is 36.4 Å². The van der Waals surface area contributed by atoms with E-state index in [4.69, 9.17) is 0 Å². The maximum Gasteiger partial charge on any atom is 0.460 e. The Morgan fingerprint density at radius 1 is 0.647 bits per heavy atom. The van der Waals surface area contributed by atoms with Gasteiger partial charge in [0.05, 0.1) is 0 Å². The second-order valence-electron chi connectivity index (χ2n) is 7.39. The van der Waals surface area contributed by atoms with Gasteiger partial charge in [-0.05, 0) is 76.7 Å². The van der Waals surface area contributed by atoms with Gasteiger partial charge in [-0.1, -0.05) is 12.1 Å². The van der Waals surface area contributed by atoms with Crippen LogP contribution < -0.4 is 20.2 Å². The van der Waals surface area contributed by atoms with Crippen molar-refractivity contribution in [1.82, 2.24) is 0 Å². The Kier molecular flexibility index (Phi) is 7.72. The zero-order valence-electron chi connectivity index (χ0n) is 17.9. The van der Waals surface area contributed by atoms with E-state index in [0.717, 1.165) is 0 Å². The van der Waals surface area contributed by atoms with E-state index in [1.54, 1.807) is 27.7 Å². The predicted molar refractivity (Wildman–Crippen MR) is 100 cm³/mol. The van der Waals surface area contributed by atoms with Crippen LogP contribution in [0.5, 0.6) is 0 Å². The first-order valence-electron chi connectivity index (χ1n) is 9.16. The average molecular weight is 636 g/mol. The molecule has 1 radical (unpaired) electrons. The number of aryl methyl sites for hydroxylation is 4. The maximum absolute atomic E-state index is 14.3. The number of hydrogen-bond acceptors (Lipinski definition) is 3.